The number of ether oxygens (including phenoxy) is 1. The molecule has 7 nitrogen and oxygen atoms in total. The Kier molecular flexibility index (Phi) is 8.41. The highest BCUT2D eigenvalue weighted by Gasteiger charge is 2.27. The number of hydrogen-bond donors (Lipinski definition) is 1. The van der Waals surface area contributed by atoms with Gasteiger partial charge < -0.3 is 9.84 Å². The summed E-state index contributed by atoms with van der Waals surface area (Å²) >= 11 is 0. The van der Waals surface area contributed by atoms with Gasteiger partial charge in [0.05, 0.1) is 11.6 Å². The number of aryl methyl sites for hydroxylation is 3. The number of aliphatic carboxylic acids is 1. The fourth-order valence-corrected chi connectivity index (χ4v) is 5.01. The largest absolute Gasteiger partial charge is 0.489 e. The van der Waals surface area contributed by atoms with Crippen LogP contribution in [0.3, 0.4) is 0 Å². The summed E-state index contributed by atoms with van der Waals surface area (Å²) in [5.74, 6) is -0.394. The quantitative estimate of drug-likeness (QED) is 0.420. The van der Waals surface area contributed by atoms with Gasteiger partial charge in [0.25, 0.3) is 0 Å². The minimum atomic E-state index is -0.772. The highest BCUT2D eigenvalue weighted by Crippen LogP contribution is 2.32. The van der Waals surface area contributed by atoms with Crippen LogP contribution in [0.2, 0.25) is 0 Å². The first-order valence-corrected chi connectivity index (χ1v) is 13.1. The molecule has 2 aromatic carbocycles. The van der Waals surface area contributed by atoms with Crippen LogP contribution in [0, 0.1) is 12.8 Å². The summed E-state index contributed by atoms with van der Waals surface area (Å²) in [6.45, 7) is 11.4. The Labute approximate surface area is 214 Å². The Morgan fingerprint density at radius 3 is 2.75 bits per heavy atom. The Morgan fingerprint density at radius 2 is 2.03 bits per heavy atom. The molecule has 3 aromatic rings. The number of para-hydroxylation sites is 1. The molecule has 0 aliphatic carbocycles. The second-order valence-electron chi connectivity index (χ2n) is 9.95. The van der Waals surface area contributed by atoms with Crippen molar-refractivity contribution in [2.45, 2.75) is 78.6 Å². The van der Waals surface area contributed by atoms with Crippen molar-refractivity contribution in [1.29, 1.82) is 0 Å². The lowest BCUT2D eigenvalue weighted by Gasteiger charge is -2.26. The van der Waals surface area contributed by atoms with Gasteiger partial charge in [-0.2, -0.15) is 0 Å². The van der Waals surface area contributed by atoms with Gasteiger partial charge in [0, 0.05) is 37.9 Å². The normalized spacial score (nSPS) is 17.6. The number of carboxylic acid groups (broad SMARTS) is 1. The molecule has 3 atom stereocenters. The highest BCUT2D eigenvalue weighted by atomic mass is 16.5. The minimum absolute atomic E-state index is 0.106. The van der Waals surface area contributed by atoms with Crippen LogP contribution in [0.15, 0.2) is 48.7 Å². The van der Waals surface area contributed by atoms with Gasteiger partial charge in [-0.15, -0.1) is 5.10 Å². The molecule has 2 heterocycles. The number of hydrogen-bond acceptors (Lipinski definition) is 5. The molecule has 3 unspecified atom stereocenters. The predicted molar refractivity (Wildman–Crippen MR) is 140 cm³/mol. The van der Waals surface area contributed by atoms with Crippen molar-refractivity contribution >= 4 is 5.97 Å². The Bertz CT molecular complexity index is 1170. The van der Waals surface area contributed by atoms with E-state index in [4.69, 9.17) is 4.74 Å². The molecule has 36 heavy (non-hydrogen) atoms. The second-order valence-corrected chi connectivity index (χ2v) is 9.95. The zero-order valence-corrected chi connectivity index (χ0v) is 21.9. The maximum atomic E-state index is 12.0. The van der Waals surface area contributed by atoms with E-state index < -0.39 is 11.9 Å². The SMILES string of the molecule is CCC1CN(Cc2cc(C(CCc3cn(CC)nn3)C(C)C(=O)O)ccc2C)Cc2ccccc2O1. The Balaban J connectivity index is 1.56. The van der Waals surface area contributed by atoms with Crippen molar-refractivity contribution in [2.75, 3.05) is 6.54 Å². The van der Waals surface area contributed by atoms with E-state index in [2.05, 4.69) is 65.5 Å². The third-order valence-electron chi connectivity index (χ3n) is 7.39. The van der Waals surface area contributed by atoms with Crippen molar-refractivity contribution in [3.8, 4) is 5.75 Å². The molecule has 0 saturated carbocycles. The van der Waals surface area contributed by atoms with Gasteiger partial charge in [0.2, 0.25) is 0 Å². The summed E-state index contributed by atoms with van der Waals surface area (Å²) in [6.07, 6.45) is 4.45. The molecule has 192 valence electrons. The molecule has 0 spiro atoms. The molecule has 4 rings (SSSR count). The van der Waals surface area contributed by atoms with Gasteiger partial charge in [-0.25, -0.2) is 0 Å². The second kappa shape index (κ2) is 11.7. The number of aromatic nitrogens is 3. The molecule has 0 radical (unpaired) electrons. The lowest BCUT2D eigenvalue weighted by molar-refractivity contribution is -0.142. The summed E-state index contributed by atoms with van der Waals surface area (Å²) in [4.78, 5) is 14.5. The smallest absolute Gasteiger partial charge is 0.306 e. The first-order chi connectivity index (χ1) is 17.4. The molecule has 1 aromatic heterocycles. The highest BCUT2D eigenvalue weighted by molar-refractivity contribution is 5.71. The van der Waals surface area contributed by atoms with Crippen LogP contribution in [0.5, 0.6) is 5.75 Å². The summed E-state index contributed by atoms with van der Waals surface area (Å²) < 4.78 is 8.10. The maximum absolute atomic E-state index is 12.0. The van der Waals surface area contributed by atoms with Gasteiger partial charge in [-0.1, -0.05) is 55.5 Å². The van der Waals surface area contributed by atoms with Crippen LogP contribution in [-0.4, -0.2) is 43.6 Å². The van der Waals surface area contributed by atoms with E-state index in [0.29, 0.717) is 12.8 Å². The first-order valence-electron chi connectivity index (χ1n) is 13.1. The third kappa shape index (κ3) is 6.13. The van der Waals surface area contributed by atoms with E-state index >= 15 is 0 Å². The lowest BCUT2D eigenvalue weighted by atomic mass is 9.82. The molecule has 0 fully saturated rings. The average Bonchev–Trinajstić information content (AvgIpc) is 3.26. The van der Waals surface area contributed by atoms with Crippen LogP contribution in [0.1, 0.15) is 67.5 Å². The van der Waals surface area contributed by atoms with E-state index in [1.54, 1.807) is 0 Å². The summed E-state index contributed by atoms with van der Waals surface area (Å²) in [6, 6.07) is 14.8. The van der Waals surface area contributed by atoms with Crippen molar-refractivity contribution < 1.29 is 14.6 Å². The number of fused-ring (bicyclic) bond motifs is 1. The van der Waals surface area contributed by atoms with Crippen LogP contribution in [0.4, 0.5) is 0 Å². The van der Waals surface area contributed by atoms with Gasteiger partial charge in [-0.3, -0.25) is 14.4 Å². The average molecular weight is 491 g/mol. The van der Waals surface area contributed by atoms with Gasteiger partial charge in [0.15, 0.2) is 0 Å². The standard InChI is InChI=1S/C29H38N4O3/c1-5-26-19-32(16-23-9-7-8-10-28(23)36-26)17-24-15-22(12-11-20(24)3)27(21(4)29(34)35)14-13-25-18-33(6-2)31-30-25/h7-12,15,18,21,26-27H,5-6,13-14,16-17,19H2,1-4H3,(H,34,35). The number of rotatable bonds is 10. The van der Waals surface area contributed by atoms with Crippen molar-refractivity contribution in [3.63, 3.8) is 0 Å². The van der Waals surface area contributed by atoms with E-state index in [9.17, 15) is 9.90 Å². The topological polar surface area (TPSA) is 80.5 Å². The van der Waals surface area contributed by atoms with E-state index in [1.165, 1.54) is 16.7 Å². The van der Waals surface area contributed by atoms with Gasteiger partial charge in [0.1, 0.15) is 11.9 Å². The minimum Gasteiger partial charge on any atom is -0.489 e. The predicted octanol–water partition coefficient (Wildman–Crippen LogP) is 5.22. The molecule has 0 bridgehead atoms. The first kappa shape index (κ1) is 25.9. The zero-order chi connectivity index (χ0) is 25.7. The maximum Gasteiger partial charge on any atom is 0.306 e. The Morgan fingerprint density at radius 1 is 1.22 bits per heavy atom. The van der Waals surface area contributed by atoms with Crippen LogP contribution in [0.25, 0.3) is 0 Å². The number of carboxylic acids is 1. The molecule has 1 N–H and O–H groups in total. The molecular formula is C29H38N4O3. The number of nitrogens with zero attached hydrogens (tertiary/aromatic N) is 4. The van der Waals surface area contributed by atoms with Gasteiger partial charge in [-0.05, 0) is 61.8 Å². The molecule has 0 saturated heterocycles. The summed E-state index contributed by atoms with van der Waals surface area (Å²) in [5, 5.41) is 18.2. The van der Waals surface area contributed by atoms with Crippen LogP contribution < -0.4 is 4.74 Å². The molecule has 7 heteroatoms. The lowest BCUT2D eigenvalue weighted by Crippen LogP contribution is -2.32. The molecule has 1 aliphatic heterocycles. The van der Waals surface area contributed by atoms with E-state index in [1.807, 2.05) is 30.8 Å². The zero-order valence-electron chi connectivity index (χ0n) is 21.9. The van der Waals surface area contributed by atoms with E-state index in [0.717, 1.165) is 49.6 Å². The van der Waals surface area contributed by atoms with Crippen molar-refractivity contribution in [1.82, 2.24) is 19.9 Å². The van der Waals surface area contributed by atoms with E-state index in [-0.39, 0.29) is 12.0 Å². The van der Waals surface area contributed by atoms with Crippen LogP contribution in [-0.2, 0) is 30.8 Å². The third-order valence-corrected chi connectivity index (χ3v) is 7.39. The summed E-state index contributed by atoms with van der Waals surface area (Å²) in [7, 11) is 0. The number of benzene rings is 2. The molecule has 1 aliphatic rings. The van der Waals surface area contributed by atoms with Gasteiger partial charge >= 0.3 is 5.97 Å². The molecular weight excluding hydrogens is 452 g/mol. The van der Waals surface area contributed by atoms with Crippen molar-refractivity contribution in [2.24, 2.45) is 5.92 Å². The molecule has 0 amide bonds. The van der Waals surface area contributed by atoms with Crippen LogP contribution >= 0.6 is 0 Å². The Hall–Kier alpha value is -3.19. The fraction of sp³-hybridized carbons (Fsp3) is 0.483. The monoisotopic (exact) mass is 490 g/mol. The van der Waals surface area contributed by atoms with Crippen molar-refractivity contribution in [3.05, 3.63) is 76.6 Å². The fourth-order valence-electron chi connectivity index (χ4n) is 5.01. The summed E-state index contributed by atoms with van der Waals surface area (Å²) in [5.41, 5.74) is 5.64. The number of carbonyl (C=O) groups is 1.